The Morgan fingerprint density at radius 3 is 2.78 bits per heavy atom. The van der Waals surface area contributed by atoms with Crippen LogP contribution in [-0.2, 0) is 6.61 Å². The maximum atomic E-state index is 12.7. The van der Waals surface area contributed by atoms with Crippen LogP contribution in [0.3, 0.4) is 0 Å². The van der Waals surface area contributed by atoms with E-state index >= 15 is 0 Å². The van der Waals surface area contributed by atoms with Crippen molar-refractivity contribution in [3.63, 3.8) is 0 Å². The third kappa shape index (κ3) is 4.30. The fraction of sp³-hybridized carbons (Fsp3) is 0.450. The molecular weight excluding hydrogens is 362 g/mol. The molecule has 3 aromatic rings. The van der Waals surface area contributed by atoms with E-state index < -0.39 is 0 Å². The minimum Gasteiger partial charge on any atom is -0.485 e. The lowest BCUT2D eigenvalue weighted by Gasteiger charge is -2.23. The van der Waals surface area contributed by atoms with E-state index in [1.807, 2.05) is 30.0 Å². The van der Waals surface area contributed by atoms with Gasteiger partial charge in [-0.2, -0.15) is 0 Å². The first-order valence-electron chi connectivity index (χ1n) is 9.44. The van der Waals surface area contributed by atoms with Gasteiger partial charge < -0.3 is 14.2 Å². The first kappa shape index (κ1) is 18.0. The van der Waals surface area contributed by atoms with Crippen molar-refractivity contribution in [1.82, 2.24) is 15.0 Å². The molecule has 1 amide bonds. The first-order chi connectivity index (χ1) is 13.2. The summed E-state index contributed by atoms with van der Waals surface area (Å²) in [4.78, 5) is 19.0. The number of amides is 1. The quantitative estimate of drug-likeness (QED) is 0.658. The van der Waals surface area contributed by atoms with Crippen LogP contribution in [0.4, 0.5) is 0 Å². The fourth-order valence-corrected chi connectivity index (χ4v) is 4.17. The first-order valence-corrected chi connectivity index (χ1v) is 10.3. The van der Waals surface area contributed by atoms with Gasteiger partial charge in [-0.15, -0.1) is 11.3 Å². The summed E-state index contributed by atoms with van der Waals surface area (Å²) in [5.41, 5.74) is 1.29. The molecule has 7 heteroatoms. The lowest BCUT2D eigenvalue weighted by atomic mass is 10.1. The number of fused-ring (bicyclic) bond motifs is 1. The van der Waals surface area contributed by atoms with E-state index in [1.165, 1.54) is 19.3 Å². The predicted molar refractivity (Wildman–Crippen MR) is 104 cm³/mol. The van der Waals surface area contributed by atoms with E-state index in [9.17, 15) is 4.79 Å². The molecule has 0 spiro atoms. The molecule has 0 saturated carbocycles. The second kappa shape index (κ2) is 8.08. The molecule has 0 radical (unpaired) electrons. The number of thiazole rings is 1. The van der Waals surface area contributed by atoms with Crippen LogP contribution < -0.4 is 4.74 Å². The van der Waals surface area contributed by atoms with Gasteiger partial charge in [-0.05, 0) is 31.9 Å². The summed E-state index contributed by atoms with van der Waals surface area (Å²) in [6, 6.07) is 7.53. The number of likely N-dealkylation sites (tertiary alicyclic amines) is 1. The van der Waals surface area contributed by atoms with Crippen LogP contribution in [0.1, 0.15) is 53.4 Å². The molecule has 0 atom stereocenters. The Labute approximate surface area is 162 Å². The van der Waals surface area contributed by atoms with Gasteiger partial charge in [0.1, 0.15) is 12.4 Å². The van der Waals surface area contributed by atoms with E-state index in [-0.39, 0.29) is 12.5 Å². The zero-order chi connectivity index (χ0) is 18.6. The highest BCUT2D eigenvalue weighted by Gasteiger charge is 2.20. The molecule has 1 aromatic carbocycles. The number of carbonyl (C=O) groups is 1. The summed E-state index contributed by atoms with van der Waals surface area (Å²) in [7, 11) is 0. The van der Waals surface area contributed by atoms with Crippen molar-refractivity contribution in [2.75, 3.05) is 13.1 Å². The Bertz CT molecular complexity index is 926. The van der Waals surface area contributed by atoms with Crippen LogP contribution in [-0.4, -0.2) is 34.0 Å². The number of nitrogens with zero attached hydrogens (tertiary/aromatic N) is 3. The topological polar surface area (TPSA) is 68.5 Å². The van der Waals surface area contributed by atoms with Gasteiger partial charge >= 0.3 is 0 Å². The van der Waals surface area contributed by atoms with Crippen LogP contribution in [0.25, 0.3) is 10.2 Å². The highest BCUT2D eigenvalue weighted by Crippen LogP contribution is 2.26. The number of hydrogen-bond acceptors (Lipinski definition) is 6. The van der Waals surface area contributed by atoms with Crippen LogP contribution in [0.2, 0.25) is 0 Å². The summed E-state index contributed by atoms with van der Waals surface area (Å²) in [5.74, 6) is 1.21. The van der Waals surface area contributed by atoms with Crippen molar-refractivity contribution in [2.24, 2.45) is 0 Å². The zero-order valence-corrected chi connectivity index (χ0v) is 16.3. The summed E-state index contributed by atoms with van der Waals surface area (Å²) in [6.07, 6.45) is 5.74. The minimum atomic E-state index is -0.0498. The van der Waals surface area contributed by atoms with Crippen LogP contribution in [0, 0.1) is 6.92 Å². The average Bonchev–Trinajstić information content (AvgIpc) is 3.24. The van der Waals surface area contributed by atoms with Crippen LogP contribution in [0.15, 0.2) is 28.8 Å². The predicted octanol–water partition coefficient (Wildman–Crippen LogP) is 4.58. The van der Waals surface area contributed by atoms with Gasteiger partial charge in [0.25, 0.3) is 5.91 Å². The SMILES string of the molecule is Cc1nc2cc(OCc3cc(C(=O)N4CCCCCCC4)no3)ccc2s1. The minimum absolute atomic E-state index is 0.0498. The van der Waals surface area contributed by atoms with Gasteiger partial charge in [0.2, 0.25) is 0 Å². The highest BCUT2D eigenvalue weighted by molar-refractivity contribution is 7.18. The number of benzene rings is 1. The van der Waals surface area contributed by atoms with Gasteiger partial charge in [0, 0.05) is 25.2 Å². The van der Waals surface area contributed by atoms with Gasteiger partial charge in [-0.3, -0.25) is 4.79 Å². The standard InChI is InChI=1S/C20H23N3O3S/c1-14-21-17-11-15(7-8-19(17)27-14)25-13-16-12-18(22-26-16)20(24)23-9-5-3-2-4-6-10-23/h7-8,11-12H,2-6,9-10,13H2,1H3. The number of carbonyl (C=O) groups excluding carboxylic acids is 1. The molecular formula is C20H23N3O3S. The van der Waals surface area contributed by atoms with Crippen molar-refractivity contribution < 1.29 is 14.1 Å². The number of aryl methyl sites for hydroxylation is 1. The van der Waals surface area contributed by atoms with Crippen molar-refractivity contribution in [1.29, 1.82) is 0 Å². The van der Waals surface area contributed by atoms with Gasteiger partial charge in [-0.25, -0.2) is 4.98 Å². The van der Waals surface area contributed by atoms with Crippen molar-refractivity contribution in [3.8, 4) is 5.75 Å². The Morgan fingerprint density at radius 2 is 1.96 bits per heavy atom. The van der Waals surface area contributed by atoms with Crippen molar-refractivity contribution >= 4 is 27.5 Å². The maximum Gasteiger partial charge on any atom is 0.276 e. The highest BCUT2D eigenvalue weighted by atomic mass is 32.1. The normalized spacial score (nSPS) is 15.5. The lowest BCUT2D eigenvalue weighted by Crippen LogP contribution is -2.34. The van der Waals surface area contributed by atoms with E-state index in [2.05, 4.69) is 10.1 Å². The van der Waals surface area contributed by atoms with E-state index in [1.54, 1.807) is 17.4 Å². The summed E-state index contributed by atoms with van der Waals surface area (Å²) in [5, 5.41) is 4.99. The summed E-state index contributed by atoms with van der Waals surface area (Å²) < 4.78 is 12.2. The Morgan fingerprint density at radius 1 is 1.19 bits per heavy atom. The fourth-order valence-electron chi connectivity index (χ4n) is 3.36. The smallest absolute Gasteiger partial charge is 0.276 e. The second-order valence-electron chi connectivity index (χ2n) is 6.89. The number of aromatic nitrogens is 2. The molecule has 1 fully saturated rings. The van der Waals surface area contributed by atoms with E-state index in [0.29, 0.717) is 11.5 Å². The molecule has 142 valence electrons. The number of hydrogen-bond donors (Lipinski definition) is 0. The molecule has 0 bridgehead atoms. The molecule has 2 aromatic heterocycles. The van der Waals surface area contributed by atoms with Crippen LogP contribution >= 0.6 is 11.3 Å². The Balaban J connectivity index is 1.38. The molecule has 27 heavy (non-hydrogen) atoms. The van der Waals surface area contributed by atoms with E-state index in [4.69, 9.17) is 9.26 Å². The van der Waals surface area contributed by atoms with Gasteiger partial charge in [0.05, 0.1) is 15.2 Å². The molecule has 0 aliphatic carbocycles. The van der Waals surface area contributed by atoms with Gasteiger partial charge in [-0.1, -0.05) is 24.4 Å². The molecule has 1 aliphatic heterocycles. The molecule has 0 N–H and O–H groups in total. The molecule has 1 saturated heterocycles. The Kier molecular flexibility index (Phi) is 5.38. The molecule has 3 heterocycles. The van der Waals surface area contributed by atoms with Gasteiger partial charge in [0.15, 0.2) is 11.5 Å². The van der Waals surface area contributed by atoms with Crippen molar-refractivity contribution in [3.05, 3.63) is 40.7 Å². The monoisotopic (exact) mass is 385 g/mol. The largest absolute Gasteiger partial charge is 0.485 e. The summed E-state index contributed by atoms with van der Waals surface area (Å²) >= 11 is 1.66. The third-order valence-electron chi connectivity index (χ3n) is 4.77. The maximum absolute atomic E-state index is 12.7. The van der Waals surface area contributed by atoms with Crippen LogP contribution in [0.5, 0.6) is 5.75 Å². The average molecular weight is 385 g/mol. The van der Waals surface area contributed by atoms with E-state index in [0.717, 1.165) is 46.9 Å². The second-order valence-corrected chi connectivity index (χ2v) is 8.12. The number of ether oxygens (including phenoxy) is 1. The molecule has 0 unspecified atom stereocenters. The third-order valence-corrected chi connectivity index (χ3v) is 5.72. The molecule has 4 rings (SSSR count). The summed E-state index contributed by atoms with van der Waals surface area (Å²) in [6.45, 7) is 3.81. The molecule has 1 aliphatic rings. The lowest BCUT2D eigenvalue weighted by molar-refractivity contribution is 0.0731. The number of rotatable bonds is 4. The Hall–Kier alpha value is -2.41. The zero-order valence-electron chi connectivity index (χ0n) is 15.4. The van der Waals surface area contributed by atoms with Crippen molar-refractivity contribution in [2.45, 2.75) is 45.6 Å². The molecule has 6 nitrogen and oxygen atoms in total.